The number of aliphatic hydroxyl groups excluding tert-OH is 1. The minimum Gasteiger partial charge on any atom is -0.496 e. The summed E-state index contributed by atoms with van der Waals surface area (Å²) >= 11 is 0. The van der Waals surface area contributed by atoms with Gasteiger partial charge in [0.1, 0.15) is 11.5 Å². The summed E-state index contributed by atoms with van der Waals surface area (Å²) in [4.78, 5) is 25.9. The van der Waals surface area contributed by atoms with E-state index in [4.69, 9.17) is 9.47 Å². The van der Waals surface area contributed by atoms with Crippen LogP contribution in [0.2, 0.25) is 0 Å². The number of carboxylic acid groups (broad SMARTS) is 1. The SMILES string of the molecule is CCC(C(=O)O)c1ccc(N2C(=O)c3c(c(OC)c4ccccc4c3OC(F)F)C2O)cc1. The van der Waals surface area contributed by atoms with E-state index in [-0.39, 0.29) is 33.7 Å². The maximum atomic E-state index is 13.4. The zero-order valence-electron chi connectivity index (χ0n) is 17.8. The Balaban J connectivity index is 1.87. The van der Waals surface area contributed by atoms with Gasteiger partial charge in [-0.05, 0) is 24.1 Å². The maximum Gasteiger partial charge on any atom is 0.387 e. The molecule has 0 saturated heterocycles. The van der Waals surface area contributed by atoms with Crippen LogP contribution in [0.15, 0.2) is 48.5 Å². The van der Waals surface area contributed by atoms with E-state index in [1.54, 1.807) is 37.3 Å². The predicted molar refractivity (Wildman–Crippen MR) is 116 cm³/mol. The number of hydrogen-bond donors (Lipinski definition) is 2. The van der Waals surface area contributed by atoms with Gasteiger partial charge in [-0.25, -0.2) is 0 Å². The third kappa shape index (κ3) is 3.64. The van der Waals surface area contributed by atoms with Gasteiger partial charge in [-0.15, -0.1) is 0 Å². The molecule has 2 atom stereocenters. The number of benzene rings is 3. The molecule has 7 nitrogen and oxygen atoms in total. The van der Waals surface area contributed by atoms with E-state index >= 15 is 0 Å². The second kappa shape index (κ2) is 8.67. The number of alkyl halides is 2. The van der Waals surface area contributed by atoms with Crippen molar-refractivity contribution in [1.29, 1.82) is 0 Å². The highest BCUT2D eigenvalue weighted by Gasteiger charge is 2.43. The molecular formula is C24H21F2NO6. The molecule has 2 N–H and O–H groups in total. The third-order valence-electron chi connectivity index (χ3n) is 5.78. The first-order valence-corrected chi connectivity index (χ1v) is 10.2. The van der Waals surface area contributed by atoms with E-state index in [1.807, 2.05) is 0 Å². The van der Waals surface area contributed by atoms with Crippen LogP contribution < -0.4 is 14.4 Å². The van der Waals surface area contributed by atoms with Crippen LogP contribution in [0.1, 0.15) is 47.0 Å². The Hall–Kier alpha value is -3.72. The molecular weight excluding hydrogens is 436 g/mol. The van der Waals surface area contributed by atoms with E-state index in [0.29, 0.717) is 17.4 Å². The highest BCUT2D eigenvalue weighted by atomic mass is 19.3. The lowest BCUT2D eigenvalue weighted by atomic mass is 9.96. The van der Waals surface area contributed by atoms with Crippen molar-refractivity contribution < 1.29 is 38.1 Å². The summed E-state index contributed by atoms with van der Waals surface area (Å²) < 4.78 is 36.8. The molecule has 0 saturated carbocycles. The van der Waals surface area contributed by atoms with Crippen molar-refractivity contribution in [2.45, 2.75) is 32.1 Å². The molecule has 172 valence electrons. The number of ether oxygens (including phenoxy) is 2. The van der Waals surface area contributed by atoms with E-state index in [2.05, 4.69) is 0 Å². The number of aliphatic hydroxyl groups is 1. The monoisotopic (exact) mass is 457 g/mol. The van der Waals surface area contributed by atoms with Crippen LogP contribution in [0.4, 0.5) is 14.5 Å². The average molecular weight is 457 g/mol. The molecule has 33 heavy (non-hydrogen) atoms. The van der Waals surface area contributed by atoms with Crippen LogP contribution in [-0.2, 0) is 4.79 Å². The number of methoxy groups -OCH3 is 1. The number of fused-ring (bicyclic) bond motifs is 2. The molecule has 2 unspecified atom stereocenters. The summed E-state index contributed by atoms with van der Waals surface area (Å²) in [7, 11) is 1.36. The number of carbonyl (C=O) groups is 2. The second-order valence-electron chi connectivity index (χ2n) is 7.51. The molecule has 3 aromatic rings. The maximum absolute atomic E-state index is 13.4. The molecule has 9 heteroatoms. The fourth-order valence-corrected chi connectivity index (χ4v) is 4.32. The first kappa shape index (κ1) is 22.5. The predicted octanol–water partition coefficient (Wildman–Crippen LogP) is 4.68. The van der Waals surface area contributed by atoms with Gasteiger partial charge in [0.15, 0.2) is 6.23 Å². The Morgan fingerprint density at radius 3 is 2.21 bits per heavy atom. The third-order valence-corrected chi connectivity index (χ3v) is 5.78. The van der Waals surface area contributed by atoms with E-state index in [1.165, 1.54) is 25.3 Å². The summed E-state index contributed by atoms with van der Waals surface area (Å²) in [5.74, 6) is -2.59. The lowest BCUT2D eigenvalue weighted by Crippen LogP contribution is -2.27. The van der Waals surface area contributed by atoms with Crippen LogP contribution in [0.25, 0.3) is 10.8 Å². The molecule has 1 amide bonds. The lowest BCUT2D eigenvalue weighted by Gasteiger charge is -2.22. The van der Waals surface area contributed by atoms with Crippen LogP contribution in [0.3, 0.4) is 0 Å². The Morgan fingerprint density at radius 2 is 1.70 bits per heavy atom. The highest BCUT2D eigenvalue weighted by Crippen LogP contribution is 2.50. The van der Waals surface area contributed by atoms with Gasteiger partial charge < -0.3 is 19.7 Å². The molecule has 1 heterocycles. The molecule has 0 aromatic heterocycles. The van der Waals surface area contributed by atoms with Crippen molar-refractivity contribution in [3.8, 4) is 11.5 Å². The molecule has 4 rings (SSSR count). The van der Waals surface area contributed by atoms with Gasteiger partial charge in [0.05, 0.1) is 24.2 Å². The van der Waals surface area contributed by atoms with E-state index in [9.17, 15) is 28.6 Å². The summed E-state index contributed by atoms with van der Waals surface area (Å²) in [5, 5.41) is 21.1. The van der Waals surface area contributed by atoms with Gasteiger partial charge >= 0.3 is 12.6 Å². The van der Waals surface area contributed by atoms with Gasteiger partial charge in [-0.1, -0.05) is 43.3 Å². The minimum atomic E-state index is -3.19. The van der Waals surface area contributed by atoms with E-state index < -0.39 is 30.6 Å². The van der Waals surface area contributed by atoms with Gasteiger partial charge in [-0.3, -0.25) is 14.5 Å². The fourth-order valence-electron chi connectivity index (χ4n) is 4.32. The smallest absolute Gasteiger partial charge is 0.387 e. The van der Waals surface area contributed by atoms with Crippen molar-refractivity contribution in [2.75, 3.05) is 12.0 Å². The van der Waals surface area contributed by atoms with Crippen LogP contribution in [-0.4, -0.2) is 35.8 Å². The van der Waals surface area contributed by atoms with Crippen molar-refractivity contribution >= 4 is 28.3 Å². The topological polar surface area (TPSA) is 96.3 Å². The molecule has 0 radical (unpaired) electrons. The van der Waals surface area contributed by atoms with Crippen molar-refractivity contribution in [3.63, 3.8) is 0 Å². The molecule has 1 aliphatic heterocycles. The summed E-state index contributed by atoms with van der Waals surface area (Å²) in [6, 6.07) is 12.6. The minimum absolute atomic E-state index is 0.0258. The Bertz CT molecular complexity index is 1230. The number of rotatable bonds is 7. The molecule has 0 fully saturated rings. The second-order valence-corrected chi connectivity index (χ2v) is 7.51. The summed E-state index contributed by atoms with van der Waals surface area (Å²) in [5.41, 5.74) is 0.622. The van der Waals surface area contributed by atoms with Gasteiger partial charge in [0.25, 0.3) is 5.91 Å². The van der Waals surface area contributed by atoms with Gasteiger partial charge in [-0.2, -0.15) is 8.78 Å². The molecule has 0 spiro atoms. The summed E-state index contributed by atoms with van der Waals surface area (Å²) in [6.45, 7) is -1.44. The molecule has 0 aliphatic carbocycles. The number of anilines is 1. The zero-order valence-corrected chi connectivity index (χ0v) is 17.8. The largest absolute Gasteiger partial charge is 0.496 e. The fraction of sp³-hybridized carbons (Fsp3) is 0.250. The number of carboxylic acids is 1. The van der Waals surface area contributed by atoms with Gasteiger partial charge in [0, 0.05) is 16.5 Å². The Kier molecular flexibility index (Phi) is 5.90. The van der Waals surface area contributed by atoms with Crippen molar-refractivity contribution in [3.05, 3.63) is 65.2 Å². The number of amides is 1. The van der Waals surface area contributed by atoms with Crippen LogP contribution in [0, 0.1) is 0 Å². The zero-order chi connectivity index (χ0) is 23.9. The van der Waals surface area contributed by atoms with Gasteiger partial charge in [0.2, 0.25) is 0 Å². The normalized spacial score (nSPS) is 16.2. The Labute approximate surface area is 187 Å². The molecule has 0 bridgehead atoms. The number of nitrogens with zero attached hydrogens (tertiary/aromatic N) is 1. The summed E-state index contributed by atoms with van der Waals surface area (Å²) in [6.07, 6.45) is -1.15. The van der Waals surface area contributed by atoms with Crippen LogP contribution >= 0.6 is 0 Å². The molecule has 1 aliphatic rings. The highest BCUT2D eigenvalue weighted by molar-refractivity contribution is 6.17. The first-order chi connectivity index (χ1) is 15.8. The standard InChI is InChI=1S/C24H21F2NO6/c1-3-14(23(30)31)12-8-10-13(11-9-12)27-21(28)17-18(22(27)29)20(33-24(25)26)16-7-5-4-6-15(16)19(17)32-2/h4-11,14,21,24,28H,3H2,1-2H3,(H,30,31). The lowest BCUT2D eigenvalue weighted by molar-refractivity contribution is -0.138. The van der Waals surface area contributed by atoms with Crippen LogP contribution in [0.5, 0.6) is 11.5 Å². The number of aliphatic carboxylic acids is 1. The quantitative estimate of drug-likeness (QED) is 0.535. The number of hydrogen-bond acceptors (Lipinski definition) is 5. The number of halogens is 2. The van der Waals surface area contributed by atoms with Crippen molar-refractivity contribution in [2.24, 2.45) is 0 Å². The van der Waals surface area contributed by atoms with E-state index in [0.717, 1.165) is 4.90 Å². The number of carbonyl (C=O) groups excluding carboxylic acids is 1. The van der Waals surface area contributed by atoms with Crippen molar-refractivity contribution in [1.82, 2.24) is 0 Å². The first-order valence-electron chi connectivity index (χ1n) is 10.2. The molecule has 3 aromatic carbocycles. The average Bonchev–Trinajstić information content (AvgIpc) is 3.05. The Morgan fingerprint density at radius 1 is 1.09 bits per heavy atom.